The SMILES string of the molecule is C=C(C)COc1ccc(CNCCN(CC)CC)cc1OC. The molecule has 0 radical (unpaired) electrons. The fourth-order valence-corrected chi connectivity index (χ4v) is 2.15. The van der Waals surface area contributed by atoms with Crippen molar-refractivity contribution in [3.05, 3.63) is 35.9 Å². The van der Waals surface area contributed by atoms with Gasteiger partial charge in [0.05, 0.1) is 7.11 Å². The minimum Gasteiger partial charge on any atom is -0.493 e. The summed E-state index contributed by atoms with van der Waals surface area (Å²) in [5.74, 6) is 1.53. The average molecular weight is 306 g/mol. The number of rotatable bonds is 11. The molecule has 0 spiro atoms. The highest BCUT2D eigenvalue weighted by Crippen LogP contribution is 2.28. The van der Waals surface area contributed by atoms with E-state index in [0.717, 1.165) is 49.8 Å². The molecule has 0 heterocycles. The van der Waals surface area contributed by atoms with Crippen LogP contribution in [-0.4, -0.2) is 44.8 Å². The van der Waals surface area contributed by atoms with Crippen LogP contribution in [0.25, 0.3) is 0 Å². The number of hydrogen-bond donors (Lipinski definition) is 1. The molecule has 0 saturated heterocycles. The van der Waals surface area contributed by atoms with Gasteiger partial charge in [-0.05, 0) is 43.3 Å². The van der Waals surface area contributed by atoms with Crippen molar-refractivity contribution in [3.63, 3.8) is 0 Å². The second kappa shape index (κ2) is 10.2. The van der Waals surface area contributed by atoms with Gasteiger partial charge >= 0.3 is 0 Å². The van der Waals surface area contributed by atoms with E-state index in [9.17, 15) is 0 Å². The van der Waals surface area contributed by atoms with Crippen molar-refractivity contribution >= 4 is 0 Å². The molecule has 124 valence electrons. The molecule has 1 N–H and O–H groups in total. The van der Waals surface area contributed by atoms with Gasteiger partial charge in [-0.1, -0.05) is 26.5 Å². The highest BCUT2D eigenvalue weighted by molar-refractivity contribution is 5.43. The zero-order valence-corrected chi connectivity index (χ0v) is 14.4. The monoisotopic (exact) mass is 306 g/mol. The first-order valence-corrected chi connectivity index (χ1v) is 7.97. The molecule has 0 aliphatic rings. The van der Waals surface area contributed by atoms with Crippen LogP contribution in [-0.2, 0) is 6.54 Å². The number of likely N-dealkylation sites (N-methyl/N-ethyl adjacent to an activating group) is 1. The van der Waals surface area contributed by atoms with Gasteiger partial charge in [0.2, 0.25) is 0 Å². The third-order valence-corrected chi connectivity index (χ3v) is 3.53. The summed E-state index contributed by atoms with van der Waals surface area (Å²) in [6, 6.07) is 6.06. The van der Waals surface area contributed by atoms with Gasteiger partial charge in [-0.3, -0.25) is 0 Å². The van der Waals surface area contributed by atoms with Crippen LogP contribution in [0.15, 0.2) is 30.4 Å². The quantitative estimate of drug-likeness (QED) is 0.503. The van der Waals surface area contributed by atoms with Crippen LogP contribution in [0.1, 0.15) is 26.3 Å². The summed E-state index contributed by atoms with van der Waals surface area (Å²) in [6.07, 6.45) is 0. The molecule has 0 atom stereocenters. The van der Waals surface area contributed by atoms with Gasteiger partial charge in [0.15, 0.2) is 11.5 Å². The van der Waals surface area contributed by atoms with Crippen LogP contribution in [0.2, 0.25) is 0 Å². The first-order valence-electron chi connectivity index (χ1n) is 7.97. The first-order chi connectivity index (χ1) is 10.6. The molecule has 1 aromatic rings. The number of methoxy groups -OCH3 is 1. The molecule has 0 saturated carbocycles. The normalized spacial score (nSPS) is 10.8. The molecule has 1 aromatic carbocycles. The van der Waals surface area contributed by atoms with Gasteiger partial charge in [-0.25, -0.2) is 0 Å². The lowest BCUT2D eigenvalue weighted by molar-refractivity contribution is 0.302. The van der Waals surface area contributed by atoms with Crippen LogP contribution in [0, 0.1) is 0 Å². The molecule has 0 aliphatic heterocycles. The molecule has 0 aliphatic carbocycles. The Kier molecular flexibility index (Phi) is 8.63. The zero-order chi connectivity index (χ0) is 16.4. The van der Waals surface area contributed by atoms with E-state index in [1.165, 1.54) is 5.56 Å². The van der Waals surface area contributed by atoms with E-state index in [1.807, 2.05) is 19.1 Å². The maximum Gasteiger partial charge on any atom is 0.161 e. The van der Waals surface area contributed by atoms with Gasteiger partial charge in [-0.2, -0.15) is 0 Å². The highest BCUT2D eigenvalue weighted by atomic mass is 16.5. The highest BCUT2D eigenvalue weighted by Gasteiger charge is 2.06. The molecule has 1 rings (SSSR count). The number of nitrogens with zero attached hydrogens (tertiary/aromatic N) is 1. The van der Waals surface area contributed by atoms with Crippen molar-refractivity contribution in [2.24, 2.45) is 0 Å². The first kappa shape index (κ1) is 18.5. The number of hydrogen-bond acceptors (Lipinski definition) is 4. The van der Waals surface area contributed by atoms with E-state index in [1.54, 1.807) is 7.11 Å². The summed E-state index contributed by atoms with van der Waals surface area (Å²) >= 11 is 0. The fraction of sp³-hybridized carbons (Fsp3) is 0.556. The van der Waals surface area contributed by atoms with Gasteiger partial charge in [0, 0.05) is 19.6 Å². The second-order valence-corrected chi connectivity index (χ2v) is 5.43. The molecule has 0 aromatic heterocycles. The standard InChI is InChI=1S/C18H30N2O2/c1-6-20(7-2)11-10-19-13-16-8-9-17(18(12-16)21-5)22-14-15(3)4/h8-9,12,19H,3,6-7,10-11,13-14H2,1-2,4-5H3. The molecule has 22 heavy (non-hydrogen) atoms. The van der Waals surface area contributed by atoms with Crippen molar-refractivity contribution < 1.29 is 9.47 Å². The minimum absolute atomic E-state index is 0.512. The summed E-state index contributed by atoms with van der Waals surface area (Å²) in [5, 5.41) is 3.47. The largest absolute Gasteiger partial charge is 0.493 e. The molecule has 0 bridgehead atoms. The Morgan fingerprint density at radius 2 is 1.95 bits per heavy atom. The van der Waals surface area contributed by atoms with E-state index in [2.05, 4.69) is 36.7 Å². The number of nitrogens with one attached hydrogen (secondary N) is 1. The summed E-state index contributed by atoms with van der Waals surface area (Å²) in [4.78, 5) is 2.40. The van der Waals surface area contributed by atoms with E-state index in [0.29, 0.717) is 6.61 Å². The van der Waals surface area contributed by atoms with Gasteiger partial charge in [0.1, 0.15) is 6.61 Å². The van der Waals surface area contributed by atoms with E-state index >= 15 is 0 Å². The van der Waals surface area contributed by atoms with Gasteiger partial charge in [0.25, 0.3) is 0 Å². The predicted molar refractivity (Wildman–Crippen MR) is 92.8 cm³/mol. The predicted octanol–water partition coefficient (Wildman–Crippen LogP) is 3.08. The Labute approximate surface area is 135 Å². The Morgan fingerprint density at radius 1 is 1.23 bits per heavy atom. The lowest BCUT2D eigenvalue weighted by atomic mass is 10.2. The summed E-state index contributed by atoms with van der Waals surface area (Å²) in [5.41, 5.74) is 2.18. The summed E-state index contributed by atoms with van der Waals surface area (Å²) in [7, 11) is 1.67. The summed E-state index contributed by atoms with van der Waals surface area (Å²) in [6.45, 7) is 15.8. The Morgan fingerprint density at radius 3 is 2.55 bits per heavy atom. The van der Waals surface area contributed by atoms with Crippen molar-refractivity contribution in [2.75, 3.05) is 39.9 Å². The smallest absolute Gasteiger partial charge is 0.161 e. The van der Waals surface area contributed by atoms with Crippen molar-refractivity contribution in [3.8, 4) is 11.5 Å². The number of benzene rings is 1. The summed E-state index contributed by atoms with van der Waals surface area (Å²) < 4.78 is 11.1. The maximum absolute atomic E-state index is 5.68. The number of ether oxygens (including phenoxy) is 2. The van der Waals surface area contributed by atoms with Gasteiger partial charge < -0.3 is 19.7 Å². The lowest BCUT2D eigenvalue weighted by Gasteiger charge is -2.18. The Bertz CT molecular complexity index is 456. The minimum atomic E-state index is 0.512. The molecule has 4 heteroatoms. The zero-order valence-electron chi connectivity index (χ0n) is 14.4. The van der Waals surface area contributed by atoms with Crippen LogP contribution < -0.4 is 14.8 Å². The van der Waals surface area contributed by atoms with E-state index in [-0.39, 0.29) is 0 Å². The van der Waals surface area contributed by atoms with E-state index < -0.39 is 0 Å². The molecule has 0 fully saturated rings. The molecule has 0 unspecified atom stereocenters. The van der Waals surface area contributed by atoms with Crippen LogP contribution in [0.5, 0.6) is 11.5 Å². The van der Waals surface area contributed by atoms with E-state index in [4.69, 9.17) is 9.47 Å². The van der Waals surface area contributed by atoms with Crippen LogP contribution >= 0.6 is 0 Å². The maximum atomic E-state index is 5.68. The van der Waals surface area contributed by atoms with Crippen molar-refractivity contribution in [1.29, 1.82) is 0 Å². The molecular formula is C18H30N2O2. The Balaban J connectivity index is 2.49. The molecular weight excluding hydrogens is 276 g/mol. The average Bonchev–Trinajstić information content (AvgIpc) is 2.53. The topological polar surface area (TPSA) is 33.7 Å². The van der Waals surface area contributed by atoms with Gasteiger partial charge in [-0.15, -0.1) is 0 Å². The molecule has 4 nitrogen and oxygen atoms in total. The van der Waals surface area contributed by atoms with Crippen LogP contribution in [0.3, 0.4) is 0 Å². The second-order valence-electron chi connectivity index (χ2n) is 5.43. The Hall–Kier alpha value is -1.52. The fourth-order valence-electron chi connectivity index (χ4n) is 2.15. The third kappa shape index (κ3) is 6.50. The lowest BCUT2D eigenvalue weighted by Crippen LogP contribution is -2.31. The molecule has 0 amide bonds. The van der Waals surface area contributed by atoms with Crippen LogP contribution in [0.4, 0.5) is 0 Å². The van der Waals surface area contributed by atoms with Crippen molar-refractivity contribution in [1.82, 2.24) is 10.2 Å². The third-order valence-electron chi connectivity index (χ3n) is 3.53. The van der Waals surface area contributed by atoms with Crippen molar-refractivity contribution in [2.45, 2.75) is 27.3 Å².